The Kier molecular flexibility index (Phi) is 8.28. The van der Waals surface area contributed by atoms with Gasteiger partial charge in [-0.15, -0.1) is 10.2 Å². The Hall–Kier alpha value is -3.31. The van der Waals surface area contributed by atoms with E-state index >= 15 is 0 Å². The van der Waals surface area contributed by atoms with Crippen LogP contribution in [0, 0.1) is 0 Å². The number of hydrogen-bond acceptors (Lipinski definition) is 9. The maximum atomic E-state index is 12.5. The summed E-state index contributed by atoms with van der Waals surface area (Å²) in [6, 6.07) is 12.6. The minimum absolute atomic E-state index is 0.137. The normalized spacial score (nSPS) is 10.3. The summed E-state index contributed by atoms with van der Waals surface area (Å²) in [7, 11) is 1.51. The quantitative estimate of drug-likeness (QED) is 0.372. The Morgan fingerprint density at radius 2 is 1.88 bits per heavy atom. The molecule has 0 aliphatic carbocycles. The summed E-state index contributed by atoms with van der Waals surface area (Å²) in [5, 5.41) is 17.5. The van der Waals surface area contributed by atoms with Crippen LogP contribution in [0.15, 0.2) is 46.8 Å². The molecule has 2 amide bonds. The van der Waals surface area contributed by atoms with Crippen LogP contribution in [0.2, 0.25) is 0 Å². The third kappa shape index (κ3) is 6.59. The lowest BCUT2D eigenvalue weighted by Gasteiger charge is -2.12. The predicted octanol–water partition coefficient (Wildman–Crippen LogP) is 4.38. The molecular formula is C21H23N5O4S2. The van der Waals surface area contributed by atoms with E-state index in [1.54, 1.807) is 18.2 Å². The zero-order valence-corrected chi connectivity index (χ0v) is 19.4. The summed E-state index contributed by atoms with van der Waals surface area (Å²) >= 11 is 2.61. The number of rotatable bonds is 10. The van der Waals surface area contributed by atoms with Gasteiger partial charge in [-0.3, -0.25) is 9.59 Å². The zero-order chi connectivity index (χ0) is 22.9. The first kappa shape index (κ1) is 23.4. The largest absolute Gasteiger partial charge is 0.495 e. The molecule has 9 nitrogen and oxygen atoms in total. The second-order valence-corrected chi connectivity index (χ2v) is 8.56. The van der Waals surface area contributed by atoms with Crippen molar-refractivity contribution in [2.24, 2.45) is 0 Å². The molecule has 32 heavy (non-hydrogen) atoms. The van der Waals surface area contributed by atoms with Crippen molar-refractivity contribution in [2.75, 3.05) is 35.4 Å². The molecule has 0 atom stereocenters. The first-order chi connectivity index (χ1) is 15.5. The second-order valence-electron chi connectivity index (χ2n) is 6.36. The third-order valence-electron chi connectivity index (χ3n) is 3.96. The lowest BCUT2D eigenvalue weighted by Crippen LogP contribution is -2.15. The molecular weight excluding hydrogens is 450 g/mol. The molecule has 0 fully saturated rings. The van der Waals surface area contributed by atoms with Crippen molar-refractivity contribution in [1.82, 2.24) is 10.2 Å². The third-order valence-corrected chi connectivity index (χ3v) is 5.93. The first-order valence-electron chi connectivity index (χ1n) is 9.69. The standard InChI is InChI=1S/C21H23N5O4S2/c1-4-30-18-8-6-5-7-15(18)24-20-25-26-21(32-20)31-12-19(28)23-16-11-14(22-13(2)27)9-10-17(16)29-3/h5-11H,4,12H2,1-3H3,(H,22,27)(H,23,28)(H,24,25). The number of ether oxygens (including phenoxy) is 2. The number of thioether (sulfide) groups is 1. The number of nitrogens with one attached hydrogen (secondary N) is 3. The average Bonchev–Trinajstić information content (AvgIpc) is 3.21. The second kappa shape index (κ2) is 11.3. The van der Waals surface area contributed by atoms with Gasteiger partial charge in [-0.05, 0) is 37.3 Å². The molecule has 0 saturated heterocycles. The van der Waals surface area contributed by atoms with E-state index in [1.807, 2.05) is 31.2 Å². The van der Waals surface area contributed by atoms with Gasteiger partial charge in [0.2, 0.25) is 16.9 Å². The highest BCUT2D eigenvalue weighted by Crippen LogP contribution is 2.32. The molecule has 0 unspecified atom stereocenters. The average molecular weight is 474 g/mol. The molecule has 1 heterocycles. The van der Waals surface area contributed by atoms with Gasteiger partial charge in [0.05, 0.1) is 30.8 Å². The van der Waals surface area contributed by atoms with Crippen LogP contribution in [0.1, 0.15) is 13.8 Å². The van der Waals surface area contributed by atoms with Crippen LogP contribution in [0.3, 0.4) is 0 Å². The van der Waals surface area contributed by atoms with Crippen molar-refractivity contribution in [3.63, 3.8) is 0 Å². The maximum Gasteiger partial charge on any atom is 0.234 e. The highest BCUT2D eigenvalue weighted by atomic mass is 32.2. The molecule has 0 radical (unpaired) electrons. The Bertz CT molecular complexity index is 1090. The SMILES string of the molecule is CCOc1ccccc1Nc1nnc(SCC(=O)Nc2cc(NC(C)=O)ccc2OC)s1. The van der Waals surface area contributed by atoms with Gasteiger partial charge in [0, 0.05) is 12.6 Å². The van der Waals surface area contributed by atoms with Gasteiger partial charge in [0.25, 0.3) is 0 Å². The molecule has 3 aromatic rings. The van der Waals surface area contributed by atoms with Crippen molar-refractivity contribution in [3.8, 4) is 11.5 Å². The zero-order valence-electron chi connectivity index (χ0n) is 17.8. The fraction of sp³-hybridized carbons (Fsp3) is 0.238. The van der Waals surface area contributed by atoms with Crippen LogP contribution in [0.4, 0.5) is 22.2 Å². The highest BCUT2D eigenvalue weighted by Gasteiger charge is 2.13. The number of amides is 2. The molecule has 3 rings (SSSR count). The molecule has 1 aromatic heterocycles. The van der Waals surface area contributed by atoms with Crippen LogP contribution in [0.5, 0.6) is 11.5 Å². The smallest absolute Gasteiger partial charge is 0.234 e. The predicted molar refractivity (Wildman–Crippen MR) is 127 cm³/mol. The van der Waals surface area contributed by atoms with Crippen LogP contribution < -0.4 is 25.4 Å². The molecule has 0 aliphatic rings. The summed E-state index contributed by atoms with van der Waals surface area (Å²) in [5.41, 5.74) is 1.83. The number of carbonyl (C=O) groups excluding carboxylic acids is 2. The van der Waals surface area contributed by atoms with Crippen LogP contribution in [0.25, 0.3) is 0 Å². The van der Waals surface area contributed by atoms with Crippen molar-refractivity contribution >= 4 is 57.1 Å². The topological polar surface area (TPSA) is 114 Å². The highest BCUT2D eigenvalue weighted by molar-refractivity contribution is 8.01. The van der Waals surface area contributed by atoms with Gasteiger partial charge in [0.1, 0.15) is 11.5 Å². The molecule has 0 saturated carbocycles. The lowest BCUT2D eigenvalue weighted by atomic mass is 10.2. The number of carbonyl (C=O) groups is 2. The Morgan fingerprint density at radius 3 is 2.62 bits per heavy atom. The Balaban J connectivity index is 1.58. The molecule has 3 N–H and O–H groups in total. The minimum Gasteiger partial charge on any atom is -0.495 e. The van der Waals surface area contributed by atoms with Crippen molar-refractivity contribution < 1.29 is 19.1 Å². The summed E-state index contributed by atoms with van der Waals surface area (Å²) in [5.74, 6) is 0.923. The number of hydrogen-bond donors (Lipinski definition) is 3. The van der Waals surface area contributed by atoms with Gasteiger partial charge >= 0.3 is 0 Å². The van der Waals surface area contributed by atoms with E-state index in [4.69, 9.17) is 9.47 Å². The summed E-state index contributed by atoms with van der Waals surface area (Å²) < 4.78 is 11.5. The molecule has 0 spiro atoms. The molecule has 2 aromatic carbocycles. The summed E-state index contributed by atoms with van der Waals surface area (Å²) in [6.45, 7) is 3.90. The monoisotopic (exact) mass is 473 g/mol. The van der Waals surface area contributed by atoms with E-state index in [0.29, 0.717) is 33.2 Å². The van der Waals surface area contributed by atoms with E-state index in [-0.39, 0.29) is 17.6 Å². The van der Waals surface area contributed by atoms with Crippen LogP contribution >= 0.6 is 23.1 Å². The molecule has 11 heteroatoms. The van der Waals surface area contributed by atoms with Gasteiger partial charge in [-0.25, -0.2) is 0 Å². The van der Waals surface area contributed by atoms with Crippen molar-refractivity contribution in [1.29, 1.82) is 0 Å². The molecule has 168 valence electrons. The van der Waals surface area contributed by atoms with Gasteiger partial charge in [0.15, 0.2) is 4.34 Å². The minimum atomic E-state index is -0.236. The van der Waals surface area contributed by atoms with Crippen LogP contribution in [-0.4, -0.2) is 41.5 Å². The fourth-order valence-corrected chi connectivity index (χ4v) is 4.25. The van der Waals surface area contributed by atoms with Crippen molar-refractivity contribution in [2.45, 2.75) is 18.2 Å². The lowest BCUT2D eigenvalue weighted by molar-refractivity contribution is -0.114. The first-order valence-corrected chi connectivity index (χ1v) is 11.5. The van der Waals surface area contributed by atoms with E-state index in [1.165, 1.54) is 37.1 Å². The van der Waals surface area contributed by atoms with E-state index < -0.39 is 0 Å². The number of nitrogens with zero attached hydrogens (tertiary/aromatic N) is 2. The van der Waals surface area contributed by atoms with E-state index in [2.05, 4.69) is 26.1 Å². The number of benzene rings is 2. The molecule has 0 aliphatic heterocycles. The van der Waals surface area contributed by atoms with Gasteiger partial charge < -0.3 is 25.4 Å². The number of aromatic nitrogens is 2. The molecule has 0 bridgehead atoms. The Labute approximate surface area is 193 Å². The fourth-order valence-electron chi connectivity index (χ4n) is 2.69. The van der Waals surface area contributed by atoms with Crippen LogP contribution in [-0.2, 0) is 9.59 Å². The van der Waals surface area contributed by atoms with Gasteiger partial charge in [-0.2, -0.15) is 0 Å². The number of methoxy groups -OCH3 is 1. The van der Waals surface area contributed by atoms with Crippen molar-refractivity contribution in [3.05, 3.63) is 42.5 Å². The van der Waals surface area contributed by atoms with Gasteiger partial charge in [-0.1, -0.05) is 35.2 Å². The van der Waals surface area contributed by atoms with E-state index in [9.17, 15) is 9.59 Å². The number of anilines is 4. The summed E-state index contributed by atoms with van der Waals surface area (Å²) in [6.07, 6.45) is 0. The number of para-hydroxylation sites is 2. The van der Waals surface area contributed by atoms with E-state index in [0.717, 1.165) is 11.4 Å². The summed E-state index contributed by atoms with van der Waals surface area (Å²) in [4.78, 5) is 23.7. The maximum absolute atomic E-state index is 12.5. The Morgan fingerprint density at radius 1 is 1.06 bits per heavy atom.